The molecule has 0 aliphatic rings. The molecule has 0 saturated heterocycles. The summed E-state index contributed by atoms with van der Waals surface area (Å²) in [6.07, 6.45) is 2.60. The predicted molar refractivity (Wildman–Crippen MR) is 69.7 cm³/mol. The van der Waals surface area contributed by atoms with E-state index in [0.717, 1.165) is 46.0 Å². The molecule has 0 aliphatic carbocycles. The van der Waals surface area contributed by atoms with Gasteiger partial charge in [-0.2, -0.15) is 0 Å². The molecule has 1 rings (SSSR count). The summed E-state index contributed by atoms with van der Waals surface area (Å²) in [5.41, 5.74) is 6.28. The fourth-order valence-electron chi connectivity index (χ4n) is 2.30. The van der Waals surface area contributed by atoms with Crippen LogP contribution in [0.2, 0.25) is 0 Å². The van der Waals surface area contributed by atoms with E-state index in [1.165, 1.54) is 0 Å². The maximum atomic E-state index is 10.7. The Bertz CT molecular complexity index is 450. The molecule has 0 atom stereocenters. The molecule has 1 aromatic rings. The second-order valence-corrected chi connectivity index (χ2v) is 4.45. The van der Waals surface area contributed by atoms with E-state index in [2.05, 4.69) is 0 Å². The van der Waals surface area contributed by atoms with Gasteiger partial charge in [-0.25, -0.2) is 0 Å². The number of halogens is 1. The van der Waals surface area contributed by atoms with Crippen molar-refractivity contribution in [3.05, 3.63) is 33.4 Å². The lowest BCUT2D eigenvalue weighted by Crippen LogP contribution is -2.08. The minimum absolute atomic E-state index is 0.377. The van der Waals surface area contributed by atoms with E-state index < -0.39 is 0 Å². The zero-order valence-electron chi connectivity index (χ0n) is 10.5. The number of carbonyl (C=O) groups is 2. The van der Waals surface area contributed by atoms with E-state index in [9.17, 15) is 9.59 Å². The number of benzene rings is 1. The fourth-order valence-corrected chi connectivity index (χ4v) is 2.66. The Morgan fingerprint density at radius 3 is 1.76 bits per heavy atom. The third-order valence-electron chi connectivity index (χ3n) is 3.45. The SMILES string of the molecule is Cc1c(C)c(CC=O)c(CCl)c(C)c1CC=O. The van der Waals surface area contributed by atoms with E-state index >= 15 is 0 Å². The van der Waals surface area contributed by atoms with Crippen LogP contribution in [-0.2, 0) is 28.3 Å². The lowest BCUT2D eigenvalue weighted by atomic mass is 9.87. The Balaban J connectivity index is 3.54. The van der Waals surface area contributed by atoms with Gasteiger partial charge < -0.3 is 9.59 Å². The molecule has 17 heavy (non-hydrogen) atoms. The second kappa shape index (κ2) is 5.97. The first-order valence-electron chi connectivity index (χ1n) is 5.62. The van der Waals surface area contributed by atoms with Crippen LogP contribution in [0.15, 0.2) is 0 Å². The summed E-state index contributed by atoms with van der Waals surface area (Å²) >= 11 is 5.97. The normalized spacial score (nSPS) is 10.4. The lowest BCUT2D eigenvalue weighted by molar-refractivity contribution is -0.108. The maximum Gasteiger partial charge on any atom is 0.124 e. The summed E-state index contributed by atoms with van der Waals surface area (Å²) in [5, 5.41) is 0. The average Bonchev–Trinajstić information content (AvgIpc) is 2.32. The summed E-state index contributed by atoms with van der Waals surface area (Å²) in [4.78, 5) is 21.4. The van der Waals surface area contributed by atoms with Crippen molar-refractivity contribution in [3.8, 4) is 0 Å². The molecular weight excluding hydrogens is 236 g/mol. The first-order valence-corrected chi connectivity index (χ1v) is 6.15. The first kappa shape index (κ1) is 13.9. The first-order chi connectivity index (χ1) is 8.08. The number of hydrogen-bond acceptors (Lipinski definition) is 2. The van der Waals surface area contributed by atoms with Crippen LogP contribution < -0.4 is 0 Å². The van der Waals surface area contributed by atoms with Crippen molar-refractivity contribution in [2.45, 2.75) is 39.5 Å². The van der Waals surface area contributed by atoms with Gasteiger partial charge in [0.1, 0.15) is 12.6 Å². The van der Waals surface area contributed by atoms with E-state index in [-0.39, 0.29) is 0 Å². The topological polar surface area (TPSA) is 34.1 Å². The fraction of sp³-hybridized carbons (Fsp3) is 0.429. The Kier molecular flexibility index (Phi) is 4.88. The average molecular weight is 253 g/mol. The number of carbonyl (C=O) groups excluding carboxylic acids is 2. The Morgan fingerprint density at radius 2 is 1.29 bits per heavy atom. The molecule has 0 heterocycles. The molecule has 0 aliphatic heterocycles. The molecule has 0 bridgehead atoms. The van der Waals surface area contributed by atoms with Crippen LogP contribution in [0.25, 0.3) is 0 Å². The summed E-state index contributed by atoms with van der Waals surface area (Å²) in [6.45, 7) is 5.95. The molecule has 0 radical (unpaired) electrons. The van der Waals surface area contributed by atoms with Gasteiger partial charge in [0.2, 0.25) is 0 Å². The van der Waals surface area contributed by atoms with Crippen LogP contribution >= 0.6 is 11.6 Å². The van der Waals surface area contributed by atoms with Crippen molar-refractivity contribution in [2.75, 3.05) is 0 Å². The Labute approximate surface area is 107 Å². The highest BCUT2D eigenvalue weighted by Crippen LogP contribution is 2.28. The van der Waals surface area contributed by atoms with Crippen LogP contribution in [0.1, 0.15) is 33.4 Å². The van der Waals surface area contributed by atoms with Crippen molar-refractivity contribution < 1.29 is 9.59 Å². The predicted octanol–water partition coefficient (Wildman–Crippen LogP) is 2.83. The molecule has 0 aromatic heterocycles. The number of rotatable bonds is 5. The molecular formula is C14H17ClO2. The summed E-state index contributed by atoms with van der Waals surface area (Å²) < 4.78 is 0. The molecule has 0 saturated carbocycles. The van der Waals surface area contributed by atoms with E-state index in [1.807, 2.05) is 20.8 Å². The van der Waals surface area contributed by atoms with Gasteiger partial charge in [0, 0.05) is 18.7 Å². The number of hydrogen-bond donors (Lipinski definition) is 0. The largest absolute Gasteiger partial charge is 0.303 e. The molecule has 0 unspecified atom stereocenters. The van der Waals surface area contributed by atoms with Gasteiger partial charge in [0.15, 0.2) is 0 Å². The molecule has 3 heteroatoms. The Morgan fingerprint density at radius 1 is 0.824 bits per heavy atom. The minimum atomic E-state index is 0.377. The summed E-state index contributed by atoms with van der Waals surface area (Å²) in [6, 6.07) is 0. The summed E-state index contributed by atoms with van der Waals surface area (Å²) in [5.74, 6) is 0.377. The van der Waals surface area contributed by atoms with Crippen LogP contribution in [0.4, 0.5) is 0 Å². The molecule has 0 spiro atoms. The minimum Gasteiger partial charge on any atom is -0.303 e. The van der Waals surface area contributed by atoms with Crippen LogP contribution in [0.5, 0.6) is 0 Å². The van der Waals surface area contributed by atoms with Crippen LogP contribution in [0, 0.1) is 20.8 Å². The van der Waals surface area contributed by atoms with Crippen LogP contribution in [0.3, 0.4) is 0 Å². The van der Waals surface area contributed by atoms with Gasteiger partial charge in [-0.05, 0) is 54.2 Å². The zero-order chi connectivity index (χ0) is 13.0. The van der Waals surface area contributed by atoms with Gasteiger partial charge in [0.25, 0.3) is 0 Å². The molecule has 0 amide bonds. The van der Waals surface area contributed by atoms with Crippen molar-refractivity contribution in [3.63, 3.8) is 0 Å². The monoisotopic (exact) mass is 252 g/mol. The smallest absolute Gasteiger partial charge is 0.124 e. The van der Waals surface area contributed by atoms with E-state index in [4.69, 9.17) is 11.6 Å². The third kappa shape index (κ3) is 2.58. The van der Waals surface area contributed by atoms with Crippen molar-refractivity contribution in [1.29, 1.82) is 0 Å². The Hall–Kier alpha value is -1.15. The standard InChI is InChI=1S/C14H17ClO2/c1-9-10(2)13(5-7-17)14(8-15)11(3)12(9)4-6-16/h6-7H,4-5,8H2,1-3H3. The zero-order valence-corrected chi connectivity index (χ0v) is 11.2. The molecule has 92 valence electrons. The van der Waals surface area contributed by atoms with E-state index in [1.54, 1.807) is 0 Å². The quantitative estimate of drug-likeness (QED) is 0.597. The highest BCUT2D eigenvalue weighted by molar-refractivity contribution is 6.17. The van der Waals surface area contributed by atoms with E-state index in [0.29, 0.717) is 18.7 Å². The van der Waals surface area contributed by atoms with Crippen LogP contribution in [-0.4, -0.2) is 12.6 Å². The van der Waals surface area contributed by atoms with Gasteiger partial charge in [-0.3, -0.25) is 0 Å². The maximum absolute atomic E-state index is 10.7. The molecule has 2 nitrogen and oxygen atoms in total. The molecule has 1 aromatic carbocycles. The van der Waals surface area contributed by atoms with Gasteiger partial charge in [0.05, 0.1) is 0 Å². The van der Waals surface area contributed by atoms with Gasteiger partial charge >= 0.3 is 0 Å². The molecule has 0 N–H and O–H groups in total. The third-order valence-corrected chi connectivity index (χ3v) is 3.71. The van der Waals surface area contributed by atoms with Gasteiger partial charge in [-0.1, -0.05) is 0 Å². The number of alkyl halides is 1. The number of aldehydes is 2. The van der Waals surface area contributed by atoms with Crippen molar-refractivity contribution in [1.82, 2.24) is 0 Å². The highest BCUT2D eigenvalue weighted by Gasteiger charge is 2.15. The van der Waals surface area contributed by atoms with Crippen molar-refractivity contribution >= 4 is 24.2 Å². The highest BCUT2D eigenvalue weighted by atomic mass is 35.5. The lowest BCUT2D eigenvalue weighted by Gasteiger charge is -2.19. The molecule has 0 fully saturated rings. The second-order valence-electron chi connectivity index (χ2n) is 4.19. The van der Waals surface area contributed by atoms with Crippen molar-refractivity contribution in [2.24, 2.45) is 0 Å². The summed E-state index contributed by atoms with van der Waals surface area (Å²) in [7, 11) is 0. The van der Waals surface area contributed by atoms with Gasteiger partial charge in [-0.15, -0.1) is 11.6 Å².